The minimum Gasteiger partial charge on any atom is -0.497 e. The summed E-state index contributed by atoms with van der Waals surface area (Å²) in [5.41, 5.74) is 2.11. The number of aromatic nitrogens is 6. The first-order valence-corrected chi connectivity index (χ1v) is 9.10. The van der Waals surface area contributed by atoms with Crippen molar-refractivity contribution >= 4 is 28.6 Å². The first-order chi connectivity index (χ1) is 14.0. The predicted molar refractivity (Wildman–Crippen MR) is 105 cm³/mol. The normalized spacial score (nSPS) is 11.1. The van der Waals surface area contributed by atoms with Crippen LogP contribution in [0.4, 0.5) is 0 Å². The van der Waals surface area contributed by atoms with Gasteiger partial charge in [0.05, 0.1) is 35.3 Å². The van der Waals surface area contributed by atoms with Crippen molar-refractivity contribution in [2.24, 2.45) is 0 Å². The standard InChI is InChI=1S/C19H17ClN6O3/c1-11-16-17(20)14(19(27)28)7-21-18(16)26(24-11)9-15-23-22-10-25(15)8-12-3-5-13(29-2)6-4-12/h3-7,10H,8-9H2,1-2H3,(H,27,28). The van der Waals surface area contributed by atoms with E-state index in [-0.39, 0.29) is 10.6 Å². The van der Waals surface area contributed by atoms with Crippen molar-refractivity contribution in [1.29, 1.82) is 0 Å². The van der Waals surface area contributed by atoms with Crippen molar-refractivity contribution in [3.63, 3.8) is 0 Å². The smallest absolute Gasteiger partial charge is 0.338 e. The van der Waals surface area contributed by atoms with Crippen LogP contribution in [0, 0.1) is 6.92 Å². The number of hydrogen-bond acceptors (Lipinski definition) is 6. The molecule has 0 fully saturated rings. The van der Waals surface area contributed by atoms with Crippen molar-refractivity contribution in [3.8, 4) is 5.75 Å². The fourth-order valence-electron chi connectivity index (χ4n) is 3.13. The zero-order valence-electron chi connectivity index (χ0n) is 15.7. The molecule has 0 aliphatic heterocycles. The average molecular weight is 413 g/mol. The number of pyridine rings is 1. The molecule has 3 heterocycles. The van der Waals surface area contributed by atoms with Gasteiger partial charge in [0.1, 0.15) is 18.6 Å². The maximum absolute atomic E-state index is 11.3. The summed E-state index contributed by atoms with van der Waals surface area (Å²) in [5, 5.41) is 22.6. The Morgan fingerprint density at radius 1 is 1.24 bits per heavy atom. The molecule has 0 saturated heterocycles. The van der Waals surface area contributed by atoms with Gasteiger partial charge in [-0.05, 0) is 24.6 Å². The first kappa shape index (κ1) is 18.9. The predicted octanol–water partition coefficient (Wildman–Crippen LogP) is 2.79. The minimum atomic E-state index is -1.13. The van der Waals surface area contributed by atoms with Crippen molar-refractivity contribution < 1.29 is 14.6 Å². The minimum absolute atomic E-state index is 0.0514. The van der Waals surface area contributed by atoms with E-state index in [9.17, 15) is 9.90 Å². The number of ether oxygens (including phenoxy) is 1. The number of methoxy groups -OCH3 is 1. The van der Waals surface area contributed by atoms with Crippen LogP contribution in [-0.4, -0.2) is 47.7 Å². The fourth-order valence-corrected chi connectivity index (χ4v) is 3.48. The van der Waals surface area contributed by atoms with Crippen LogP contribution in [-0.2, 0) is 13.1 Å². The topological polar surface area (TPSA) is 108 Å². The third-order valence-electron chi connectivity index (χ3n) is 4.60. The van der Waals surface area contributed by atoms with Gasteiger partial charge in [0.2, 0.25) is 0 Å². The fraction of sp³-hybridized carbons (Fsp3) is 0.211. The van der Waals surface area contributed by atoms with Crippen molar-refractivity contribution in [3.05, 3.63) is 64.5 Å². The number of nitrogens with zero attached hydrogens (tertiary/aromatic N) is 6. The molecule has 4 rings (SSSR count). The highest BCUT2D eigenvalue weighted by Crippen LogP contribution is 2.28. The lowest BCUT2D eigenvalue weighted by molar-refractivity contribution is 0.0697. The molecule has 0 atom stereocenters. The van der Waals surface area contributed by atoms with Crippen LogP contribution in [0.25, 0.3) is 11.0 Å². The van der Waals surface area contributed by atoms with Gasteiger partial charge in [0.25, 0.3) is 0 Å². The Morgan fingerprint density at radius 3 is 2.69 bits per heavy atom. The molecule has 0 bridgehead atoms. The van der Waals surface area contributed by atoms with Gasteiger partial charge >= 0.3 is 5.97 Å². The number of aryl methyl sites for hydroxylation is 1. The molecular weight excluding hydrogens is 396 g/mol. The number of carboxylic acids is 1. The quantitative estimate of drug-likeness (QED) is 0.518. The second-order valence-corrected chi connectivity index (χ2v) is 6.83. The summed E-state index contributed by atoms with van der Waals surface area (Å²) >= 11 is 6.28. The number of carbonyl (C=O) groups is 1. The summed E-state index contributed by atoms with van der Waals surface area (Å²) in [6, 6.07) is 7.75. The zero-order chi connectivity index (χ0) is 20.5. The molecule has 148 valence electrons. The lowest BCUT2D eigenvalue weighted by Crippen LogP contribution is -2.11. The molecule has 1 aromatic carbocycles. The van der Waals surface area contributed by atoms with Gasteiger partial charge in [0, 0.05) is 6.20 Å². The van der Waals surface area contributed by atoms with Crippen LogP contribution < -0.4 is 4.74 Å². The van der Waals surface area contributed by atoms with Crippen LogP contribution in [0.5, 0.6) is 5.75 Å². The highest BCUT2D eigenvalue weighted by molar-refractivity contribution is 6.38. The van der Waals surface area contributed by atoms with Crippen molar-refractivity contribution in [2.75, 3.05) is 7.11 Å². The SMILES string of the molecule is COc1ccc(Cn2cnnc2Cn2nc(C)c3c(Cl)c(C(=O)O)cnc32)cc1. The van der Waals surface area contributed by atoms with Crippen LogP contribution in [0.1, 0.15) is 27.4 Å². The van der Waals surface area contributed by atoms with E-state index in [4.69, 9.17) is 16.3 Å². The van der Waals surface area contributed by atoms with Gasteiger partial charge in [-0.15, -0.1) is 10.2 Å². The van der Waals surface area contributed by atoms with Gasteiger partial charge in [-0.2, -0.15) is 5.10 Å². The Balaban J connectivity index is 1.65. The Bertz CT molecular complexity index is 1200. The van der Waals surface area contributed by atoms with E-state index >= 15 is 0 Å². The Labute approximate surface area is 170 Å². The number of hydrogen-bond donors (Lipinski definition) is 1. The Hall–Kier alpha value is -3.46. The summed E-state index contributed by atoms with van der Waals surface area (Å²) < 4.78 is 8.75. The Kier molecular flexibility index (Phi) is 4.89. The highest BCUT2D eigenvalue weighted by Gasteiger charge is 2.19. The molecule has 9 nitrogen and oxygen atoms in total. The third-order valence-corrected chi connectivity index (χ3v) is 4.99. The van der Waals surface area contributed by atoms with E-state index in [1.807, 2.05) is 28.8 Å². The van der Waals surface area contributed by atoms with Gasteiger partial charge in [-0.1, -0.05) is 23.7 Å². The lowest BCUT2D eigenvalue weighted by atomic mass is 10.2. The number of fused-ring (bicyclic) bond motifs is 1. The number of aromatic carboxylic acids is 1. The summed E-state index contributed by atoms with van der Waals surface area (Å²) in [5.74, 6) is 0.348. The van der Waals surface area contributed by atoms with Crippen LogP contribution in [0.3, 0.4) is 0 Å². The summed E-state index contributed by atoms with van der Waals surface area (Å²) in [6.07, 6.45) is 2.90. The van der Waals surface area contributed by atoms with Crippen LogP contribution in [0.2, 0.25) is 5.02 Å². The van der Waals surface area contributed by atoms with E-state index in [0.29, 0.717) is 35.6 Å². The molecule has 0 radical (unpaired) electrons. The van der Waals surface area contributed by atoms with E-state index in [1.54, 1.807) is 25.0 Å². The summed E-state index contributed by atoms with van der Waals surface area (Å²) in [7, 11) is 1.63. The summed E-state index contributed by atoms with van der Waals surface area (Å²) in [4.78, 5) is 15.6. The zero-order valence-corrected chi connectivity index (χ0v) is 16.5. The van der Waals surface area contributed by atoms with Crippen LogP contribution >= 0.6 is 11.6 Å². The van der Waals surface area contributed by atoms with Gasteiger partial charge in [-0.25, -0.2) is 14.5 Å². The van der Waals surface area contributed by atoms with Crippen molar-refractivity contribution in [2.45, 2.75) is 20.0 Å². The molecule has 0 spiro atoms. The number of carboxylic acid groups (broad SMARTS) is 1. The van der Waals surface area contributed by atoms with E-state index in [2.05, 4.69) is 20.3 Å². The summed E-state index contributed by atoms with van der Waals surface area (Å²) in [6.45, 7) is 2.66. The number of benzene rings is 1. The van der Waals surface area contributed by atoms with Gasteiger partial charge in [0.15, 0.2) is 11.5 Å². The molecule has 0 amide bonds. The molecule has 0 saturated carbocycles. The molecule has 4 aromatic rings. The maximum atomic E-state index is 11.3. The molecular formula is C19H17ClN6O3. The third kappa shape index (κ3) is 3.52. The maximum Gasteiger partial charge on any atom is 0.338 e. The lowest BCUT2D eigenvalue weighted by Gasteiger charge is -2.08. The molecule has 0 aliphatic rings. The van der Waals surface area contributed by atoms with Gasteiger partial charge < -0.3 is 14.4 Å². The van der Waals surface area contributed by atoms with Crippen LogP contribution in [0.15, 0.2) is 36.8 Å². The average Bonchev–Trinajstić information content (AvgIpc) is 3.27. The number of halogens is 1. The van der Waals surface area contributed by atoms with E-state index < -0.39 is 5.97 Å². The van der Waals surface area contributed by atoms with Gasteiger partial charge in [-0.3, -0.25) is 0 Å². The monoisotopic (exact) mass is 412 g/mol. The second kappa shape index (κ2) is 7.51. The molecule has 29 heavy (non-hydrogen) atoms. The molecule has 1 N–H and O–H groups in total. The van der Waals surface area contributed by atoms with E-state index in [1.165, 1.54) is 6.20 Å². The number of rotatable bonds is 6. The van der Waals surface area contributed by atoms with Crippen molar-refractivity contribution in [1.82, 2.24) is 29.5 Å². The first-order valence-electron chi connectivity index (χ1n) is 8.72. The molecule has 10 heteroatoms. The highest BCUT2D eigenvalue weighted by atomic mass is 35.5. The molecule has 0 aliphatic carbocycles. The largest absolute Gasteiger partial charge is 0.497 e. The second-order valence-electron chi connectivity index (χ2n) is 6.46. The Morgan fingerprint density at radius 2 is 2.00 bits per heavy atom. The molecule has 3 aromatic heterocycles. The molecule has 0 unspecified atom stereocenters. The van der Waals surface area contributed by atoms with E-state index in [0.717, 1.165) is 11.3 Å².